The number of carbonyl (C=O) groups is 2. The van der Waals surface area contributed by atoms with E-state index in [0.717, 1.165) is 6.07 Å². The van der Waals surface area contributed by atoms with Crippen LogP contribution in [0.15, 0.2) is 18.2 Å². The van der Waals surface area contributed by atoms with Crippen LogP contribution in [0.5, 0.6) is 0 Å². The van der Waals surface area contributed by atoms with E-state index < -0.39 is 23.4 Å². The summed E-state index contributed by atoms with van der Waals surface area (Å²) in [5.74, 6) is -0.902. The Morgan fingerprint density at radius 1 is 1.35 bits per heavy atom. The molecule has 1 amide bonds. The van der Waals surface area contributed by atoms with E-state index in [1.165, 1.54) is 12.1 Å². The van der Waals surface area contributed by atoms with E-state index in [1.54, 1.807) is 19.0 Å². The van der Waals surface area contributed by atoms with Crippen molar-refractivity contribution in [3.8, 4) is 0 Å². The quantitative estimate of drug-likeness (QED) is 0.464. The van der Waals surface area contributed by atoms with Crippen molar-refractivity contribution in [3.05, 3.63) is 33.9 Å². The lowest BCUT2D eigenvalue weighted by atomic mass is 10.1. The van der Waals surface area contributed by atoms with Crippen LogP contribution >= 0.6 is 0 Å². The summed E-state index contributed by atoms with van der Waals surface area (Å²) in [6.07, 6.45) is 0. The highest BCUT2D eigenvalue weighted by atomic mass is 16.6. The zero-order valence-corrected chi connectivity index (χ0v) is 13.7. The molecule has 0 saturated heterocycles. The molecule has 0 bridgehead atoms. The monoisotopic (exact) mass is 323 g/mol. The second kappa shape index (κ2) is 8.11. The molecule has 1 N–H and O–H groups in total. The van der Waals surface area contributed by atoms with Crippen molar-refractivity contribution < 1.29 is 19.2 Å². The van der Waals surface area contributed by atoms with E-state index in [2.05, 4.69) is 5.32 Å². The molecule has 0 aromatic heterocycles. The topological polar surface area (TPSA) is 102 Å². The normalized spacial score (nSPS) is 10.3. The Kier molecular flexibility index (Phi) is 6.49. The molecule has 8 heteroatoms. The molecular formula is C15H21N3O5. The second-order valence-electron chi connectivity index (χ2n) is 5.63. The number of carbonyl (C=O) groups excluding carboxylic acids is 2. The minimum absolute atomic E-state index is 0.0268. The fraction of sp³-hybridized carbons (Fsp3) is 0.467. The summed E-state index contributed by atoms with van der Waals surface area (Å²) < 4.78 is 4.87. The van der Waals surface area contributed by atoms with E-state index in [1.807, 2.05) is 13.8 Å². The maximum Gasteiger partial charge on any atom is 0.338 e. The summed E-state index contributed by atoms with van der Waals surface area (Å²) in [4.78, 5) is 35.5. The lowest BCUT2D eigenvalue weighted by Crippen LogP contribution is -2.31. The molecule has 0 unspecified atom stereocenters. The van der Waals surface area contributed by atoms with Crippen molar-refractivity contribution in [2.24, 2.45) is 5.92 Å². The van der Waals surface area contributed by atoms with Crippen molar-refractivity contribution in [3.63, 3.8) is 0 Å². The van der Waals surface area contributed by atoms with Crippen LogP contribution in [0.4, 0.5) is 11.4 Å². The predicted octanol–water partition coefficient (Wildman–Crippen LogP) is 1.59. The lowest BCUT2D eigenvalue weighted by molar-refractivity contribution is -0.384. The van der Waals surface area contributed by atoms with E-state index >= 15 is 0 Å². The molecule has 0 atom stereocenters. The van der Waals surface area contributed by atoms with Gasteiger partial charge in [-0.25, -0.2) is 4.79 Å². The average Bonchev–Trinajstić information content (AvgIpc) is 2.49. The first-order valence-electron chi connectivity index (χ1n) is 7.12. The summed E-state index contributed by atoms with van der Waals surface area (Å²) in [5.41, 5.74) is 0.203. The molecule has 0 spiro atoms. The number of esters is 1. The fourth-order valence-corrected chi connectivity index (χ4v) is 1.76. The van der Waals surface area contributed by atoms with Gasteiger partial charge in [0.15, 0.2) is 6.61 Å². The van der Waals surface area contributed by atoms with Crippen molar-refractivity contribution in [1.82, 2.24) is 5.32 Å². The van der Waals surface area contributed by atoms with Crippen molar-refractivity contribution >= 4 is 23.3 Å². The minimum atomic E-state index is -0.780. The number of nitro benzene ring substituents is 1. The molecule has 0 aliphatic carbocycles. The first kappa shape index (κ1) is 18.4. The van der Waals surface area contributed by atoms with Gasteiger partial charge >= 0.3 is 5.97 Å². The Hall–Kier alpha value is -2.64. The second-order valence-corrected chi connectivity index (χ2v) is 5.63. The Morgan fingerprint density at radius 2 is 2.00 bits per heavy atom. The van der Waals surface area contributed by atoms with Gasteiger partial charge < -0.3 is 15.0 Å². The van der Waals surface area contributed by atoms with E-state index in [4.69, 9.17) is 4.74 Å². The Labute approximate surface area is 134 Å². The number of nitrogens with zero attached hydrogens (tertiary/aromatic N) is 2. The zero-order valence-electron chi connectivity index (χ0n) is 13.7. The number of anilines is 1. The van der Waals surface area contributed by atoms with Crippen LogP contribution < -0.4 is 10.2 Å². The molecule has 8 nitrogen and oxygen atoms in total. The molecule has 126 valence electrons. The number of benzene rings is 1. The molecule has 23 heavy (non-hydrogen) atoms. The summed E-state index contributed by atoms with van der Waals surface area (Å²) >= 11 is 0. The summed E-state index contributed by atoms with van der Waals surface area (Å²) in [6.45, 7) is 3.95. The van der Waals surface area contributed by atoms with Gasteiger partial charge in [-0.2, -0.15) is 0 Å². The maximum atomic E-state index is 11.9. The Morgan fingerprint density at radius 3 is 2.52 bits per heavy atom. The molecule has 1 rings (SSSR count). The van der Waals surface area contributed by atoms with Crippen LogP contribution in [0.1, 0.15) is 24.2 Å². The molecule has 1 aromatic rings. The van der Waals surface area contributed by atoms with Gasteiger partial charge in [-0.3, -0.25) is 14.9 Å². The Balaban J connectivity index is 2.75. The number of nitrogens with one attached hydrogen (secondary N) is 1. The molecule has 0 radical (unpaired) electrons. The lowest BCUT2D eigenvalue weighted by Gasteiger charge is -2.13. The Bertz CT molecular complexity index is 599. The highest BCUT2D eigenvalue weighted by molar-refractivity contribution is 5.93. The molecule has 0 aliphatic rings. The third-order valence-corrected chi connectivity index (χ3v) is 2.93. The first-order chi connectivity index (χ1) is 10.7. The summed E-state index contributed by atoms with van der Waals surface area (Å²) in [5, 5.41) is 13.7. The van der Waals surface area contributed by atoms with Crippen LogP contribution in [0.25, 0.3) is 0 Å². The van der Waals surface area contributed by atoms with Gasteiger partial charge in [0.25, 0.3) is 11.6 Å². The number of nitro groups is 1. The van der Waals surface area contributed by atoms with E-state index in [9.17, 15) is 19.7 Å². The number of rotatable bonds is 7. The third-order valence-electron chi connectivity index (χ3n) is 2.93. The standard InChI is InChI=1S/C15H21N3O5/c1-10(2)8-16-14(19)9-23-15(20)11-5-6-12(17(3)4)13(7-11)18(21)22/h5-7,10H,8-9H2,1-4H3,(H,16,19). The first-order valence-corrected chi connectivity index (χ1v) is 7.12. The van der Waals surface area contributed by atoms with Gasteiger partial charge in [0.1, 0.15) is 5.69 Å². The number of amides is 1. The fourth-order valence-electron chi connectivity index (χ4n) is 1.76. The number of ether oxygens (including phenoxy) is 1. The summed E-state index contributed by atoms with van der Waals surface area (Å²) in [6, 6.07) is 4.04. The SMILES string of the molecule is CC(C)CNC(=O)COC(=O)c1ccc(N(C)C)c([N+](=O)[O-])c1. The van der Waals surface area contributed by atoms with Crippen molar-refractivity contribution in [2.75, 3.05) is 32.1 Å². The van der Waals surface area contributed by atoms with Gasteiger partial charge in [0.05, 0.1) is 10.5 Å². The van der Waals surface area contributed by atoms with Crippen LogP contribution in [0.2, 0.25) is 0 Å². The molecule has 0 saturated carbocycles. The summed E-state index contributed by atoms with van der Waals surface area (Å²) in [7, 11) is 3.33. The molecule has 0 aliphatic heterocycles. The highest BCUT2D eigenvalue weighted by Gasteiger charge is 2.20. The van der Waals surface area contributed by atoms with Gasteiger partial charge in [-0.1, -0.05) is 13.8 Å². The number of hydrogen-bond donors (Lipinski definition) is 1. The average molecular weight is 323 g/mol. The molecule has 0 fully saturated rings. The predicted molar refractivity (Wildman–Crippen MR) is 85.6 cm³/mol. The number of hydrogen-bond acceptors (Lipinski definition) is 6. The molecule has 0 heterocycles. The largest absolute Gasteiger partial charge is 0.452 e. The van der Waals surface area contributed by atoms with Gasteiger partial charge in [-0.15, -0.1) is 0 Å². The van der Waals surface area contributed by atoms with Gasteiger partial charge in [0, 0.05) is 26.7 Å². The minimum Gasteiger partial charge on any atom is -0.452 e. The molecule has 1 aromatic carbocycles. The van der Waals surface area contributed by atoms with E-state index in [-0.39, 0.29) is 17.2 Å². The van der Waals surface area contributed by atoms with Crippen LogP contribution in [-0.2, 0) is 9.53 Å². The van der Waals surface area contributed by atoms with E-state index in [0.29, 0.717) is 12.2 Å². The maximum absolute atomic E-state index is 11.9. The smallest absolute Gasteiger partial charge is 0.338 e. The highest BCUT2D eigenvalue weighted by Crippen LogP contribution is 2.27. The third kappa shape index (κ3) is 5.57. The van der Waals surface area contributed by atoms with Crippen LogP contribution in [0, 0.1) is 16.0 Å². The van der Waals surface area contributed by atoms with Gasteiger partial charge in [-0.05, 0) is 18.1 Å². The van der Waals surface area contributed by atoms with Crippen LogP contribution in [-0.4, -0.2) is 44.0 Å². The van der Waals surface area contributed by atoms with Crippen molar-refractivity contribution in [1.29, 1.82) is 0 Å². The van der Waals surface area contributed by atoms with Gasteiger partial charge in [0.2, 0.25) is 0 Å². The zero-order chi connectivity index (χ0) is 17.6. The van der Waals surface area contributed by atoms with Crippen LogP contribution in [0.3, 0.4) is 0 Å². The molecular weight excluding hydrogens is 302 g/mol. The van der Waals surface area contributed by atoms with Crippen molar-refractivity contribution in [2.45, 2.75) is 13.8 Å².